The standard InChI is InChI=1S/C25H34N4O2/c1-26-24(27-20-25(12-18-31-19-13-25)21-6-4-3-5-7-21)29-16-14-28(15-17-29)22-8-10-23(30-2)11-9-22/h3-11H,12-20H2,1-2H3,(H,26,27). The van der Waals surface area contributed by atoms with Gasteiger partial charge in [-0.3, -0.25) is 4.99 Å². The molecule has 0 aliphatic carbocycles. The summed E-state index contributed by atoms with van der Waals surface area (Å²) in [6, 6.07) is 19.2. The SMILES string of the molecule is CN=C(NCC1(c2ccccc2)CCOCC1)N1CCN(c2ccc(OC)cc2)CC1. The Morgan fingerprint density at radius 1 is 1.00 bits per heavy atom. The van der Waals surface area contributed by atoms with E-state index in [2.05, 4.69) is 62.6 Å². The highest BCUT2D eigenvalue weighted by molar-refractivity contribution is 5.80. The molecule has 2 heterocycles. The Hall–Kier alpha value is -2.73. The van der Waals surface area contributed by atoms with E-state index in [0.717, 1.165) is 70.5 Å². The van der Waals surface area contributed by atoms with Gasteiger partial charge in [-0.2, -0.15) is 0 Å². The van der Waals surface area contributed by atoms with Gasteiger partial charge in [0.25, 0.3) is 0 Å². The number of hydrogen-bond donors (Lipinski definition) is 1. The third-order valence-corrected chi connectivity index (χ3v) is 6.65. The lowest BCUT2D eigenvalue weighted by atomic mass is 9.74. The van der Waals surface area contributed by atoms with Crippen molar-refractivity contribution in [3.8, 4) is 5.75 Å². The fraction of sp³-hybridized carbons (Fsp3) is 0.480. The van der Waals surface area contributed by atoms with Crippen LogP contribution in [-0.2, 0) is 10.2 Å². The zero-order chi connectivity index (χ0) is 21.5. The van der Waals surface area contributed by atoms with E-state index in [1.807, 2.05) is 19.2 Å². The van der Waals surface area contributed by atoms with Crippen LogP contribution < -0.4 is 15.0 Å². The number of guanidine groups is 1. The van der Waals surface area contributed by atoms with Gasteiger partial charge in [-0.15, -0.1) is 0 Å². The average Bonchev–Trinajstić information content (AvgIpc) is 2.86. The summed E-state index contributed by atoms with van der Waals surface area (Å²) in [5.74, 6) is 1.89. The molecule has 0 bridgehead atoms. The van der Waals surface area contributed by atoms with Gasteiger partial charge in [-0.25, -0.2) is 0 Å². The molecule has 0 unspecified atom stereocenters. The first-order valence-corrected chi connectivity index (χ1v) is 11.2. The van der Waals surface area contributed by atoms with Gasteiger partial charge in [0.1, 0.15) is 5.75 Å². The van der Waals surface area contributed by atoms with E-state index in [-0.39, 0.29) is 5.41 Å². The third kappa shape index (κ3) is 4.96. The number of benzene rings is 2. The molecule has 2 fully saturated rings. The maximum atomic E-state index is 5.68. The molecule has 6 heteroatoms. The molecule has 0 aromatic heterocycles. The van der Waals surface area contributed by atoms with Crippen molar-refractivity contribution < 1.29 is 9.47 Å². The van der Waals surface area contributed by atoms with Gasteiger partial charge in [0.2, 0.25) is 0 Å². The molecule has 2 aliphatic heterocycles. The van der Waals surface area contributed by atoms with Crippen molar-refractivity contribution in [2.24, 2.45) is 4.99 Å². The van der Waals surface area contributed by atoms with Crippen LogP contribution in [0.3, 0.4) is 0 Å². The van der Waals surface area contributed by atoms with Gasteiger partial charge >= 0.3 is 0 Å². The topological polar surface area (TPSA) is 49.3 Å². The van der Waals surface area contributed by atoms with E-state index in [1.165, 1.54) is 11.3 Å². The highest BCUT2D eigenvalue weighted by Gasteiger charge is 2.35. The van der Waals surface area contributed by atoms with E-state index < -0.39 is 0 Å². The first-order chi connectivity index (χ1) is 15.2. The molecule has 0 radical (unpaired) electrons. The molecule has 2 aromatic carbocycles. The number of piperazine rings is 1. The lowest BCUT2D eigenvalue weighted by molar-refractivity contribution is 0.0511. The summed E-state index contributed by atoms with van der Waals surface area (Å²) in [4.78, 5) is 9.40. The maximum Gasteiger partial charge on any atom is 0.193 e. The molecule has 6 nitrogen and oxygen atoms in total. The molecule has 1 N–H and O–H groups in total. The Labute approximate surface area is 185 Å². The van der Waals surface area contributed by atoms with Crippen molar-refractivity contribution in [1.29, 1.82) is 0 Å². The Morgan fingerprint density at radius 2 is 1.68 bits per heavy atom. The van der Waals surface area contributed by atoms with Crippen LogP contribution in [0.1, 0.15) is 18.4 Å². The predicted molar refractivity (Wildman–Crippen MR) is 126 cm³/mol. The quantitative estimate of drug-likeness (QED) is 0.593. The number of aliphatic imine (C=N–C) groups is 1. The van der Waals surface area contributed by atoms with Crippen LogP contribution in [0, 0.1) is 0 Å². The molecular formula is C25H34N4O2. The number of methoxy groups -OCH3 is 1. The Bertz CT molecular complexity index is 840. The molecule has 0 atom stereocenters. The molecule has 2 aromatic rings. The van der Waals surface area contributed by atoms with E-state index in [0.29, 0.717) is 0 Å². The number of anilines is 1. The number of nitrogens with zero attached hydrogens (tertiary/aromatic N) is 3. The summed E-state index contributed by atoms with van der Waals surface area (Å²) in [6.45, 7) is 6.37. The van der Waals surface area contributed by atoms with Gasteiger partial charge in [-0.05, 0) is 42.7 Å². The van der Waals surface area contributed by atoms with Gasteiger partial charge in [0, 0.05) is 64.1 Å². The van der Waals surface area contributed by atoms with Crippen LogP contribution >= 0.6 is 0 Å². The second-order valence-corrected chi connectivity index (χ2v) is 8.33. The summed E-state index contributed by atoms with van der Waals surface area (Å²) in [5.41, 5.74) is 2.74. The molecule has 0 spiro atoms. The number of rotatable bonds is 5. The van der Waals surface area contributed by atoms with Crippen LogP contribution in [0.4, 0.5) is 5.69 Å². The molecule has 166 valence electrons. The minimum Gasteiger partial charge on any atom is -0.497 e. The highest BCUT2D eigenvalue weighted by Crippen LogP contribution is 2.34. The smallest absolute Gasteiger partial charge is 0.193 e. The van der Waals surface area contributed by atoms with E-state index in [4.69, 9.17) is 9.47 Å². The number of nitrogens with one attached hydrogen (secondary N) is 1. The van der Waals surface area contributed by atoms with Crippen LogP contribution in [0.2, 0.25) is 0 Å². The minimum atomic E-state index is 0.0976. The normalized spacial score (nSPS) is 19.2. The van der Waals surface area contributed by atoms with Crippen molar-refractivity contribution in [2.75, 3.05) is 65.0 Å². The third-order valence-electron chi connectivity index (χ3n) is 6.65. The van der Waals surface area contributed by atoms with Crippen molar-refractivity contribution in [2.45, 2.75) is 18.3 Å². The molecule has 0 amide bonds. The molecule has 2 aliphatic rings. The van der Waals surface area contributed by atoms with Crippen LogP contribution in [0.25, 0.3) is 0 Å². The van der Waals surface area contributed by atoms with Crippen LogP contribution in [-0.4, -0.2) is 71.0 Å². The second kappa shape index (κ2) is 10.1. The van der Waals surface area contributed by atoms with Crippen molar-refractivity contribution in [3.63, 3.8) is 0 Å². The first kappa shape index (κ1) is 21.5. The highest BCUT2D eigenvalue weighted by atomic mass is 16.5. The van der Waals surface area contributed by atoms with Gasteiger partial charge in [0.15, 0.2) is 5.96 Å². The fourth-order valence-electron chi connectivity index (χ4n) is 4.67. The molecule has 2 saturated heterocycles. The lowest BCUT2D eigenvalue weighted by Crippen LogP contribution is -2.55. The van der Waals surface area contributed by atoms with Crippen molar-refractivity contribution in [3.05, 3.63) is 60.2 Å². The van der Waals surface area contributed by atoms with Gasteiger partial charge in [-0.1, -0.05) is 30.3 Å². The average molecular weight is 423 g/mol. The van der Waals surface area contributed by atoms with Crippen molar-refractivity contribution in [1.82, 2.24) is 10.2 Å². The van der Waals surface area contributed by atoms with E-state index in [9.17, 15) is 0 Å². The Balaban J connectivity index is 1.37. The van der Waals surface area contributed by atoms with Crippen LogP contribution in [0.5, 0.6) is 5.75 Å². The first-order valence-electron chi connectivity index (χ1n) is 11.2. The Kier molecular flexibility index (Phi) is 6.97. The Morgan fingerprint density at radius 3 is 2.29 bits per heavy atom. The number of ether oxygens (including phenoxy) is 2. The van der Waals surface area contributed by atoms with Gasteiger partial charge < -0.3 is 24.6 Å². The fourth-order valence-corrected chi connectivity index (χ4v) is 4.67. The van der Waals surface area contributed by atoms with E-state index >= 15 is 0 Å². The molecule has 31 heavy (non-hydrogen) atoms. The maximum absolute atomic E-state index is 5.68. The van der Waals surface area contributed by atoms with Crippen molar-refractivity contribution >= 4 is 11.6 Å². The summed E-state index contributed by atoms with van der Waals surface area (Å²) in [7, 11) is 3.59. The predicted octanol–water partition coefficient (Wildman–Crippen LogP) is 3.14. The largest absolute Gasteiger partial charge is 0.497 e. The molecule has 4 rings (SSSR count). The number of hydrogen-bond acceptors (Lipinski definition) is 4. The van der Waals surface area contributed by atoms with E-state index in [1.54, 1.807) is 7.11 Å². The molecule has 0 saturated carbocycles. The zero-order valence-electron chi connectivity index (χ0n) is 18.7. The summed E-state index contributed by atoms with van der Waals surface area (Å²) >= 11 is 0. The monoisotopic (exact) mass is 422 g/mol. The summed E-state index contributed by atoms with van der Waals surface area (Å²) < 4.78 is 11.0. The zero-order valence-corrected chi connectivity index (χ0v) is 18.7. The minimum absolute atomic E-state index is 0.0976. The van der Waals surface area contributed by atoms with Crippen LogP contribution in [0.15, 0.2) is 59.6 Å². The second-order valence-electron chi connectivity index (χ2n) is 8.33. The lowest BCUT2D eigenvalue weighted by Gasteiger charge is -2.41. The summed E-state index contributed by atoms with van der Waals surface area (Å²) in [5, 5.41) is 3.70. The summed E-state index contributed by atoms with van der Waals surface area (Å²) in [6.07, 6.45) is 2.07. The molecular weight excluding hydrogens is 388 g/mol. The van der Waals surface area contributed by atoms with Gasteiger partial charge in [0.05, 0.1) is 7.11 Å².